The van der Waals surface area contributed by atoms with Crippen molar-refractivity contribution in [1.82, 2.24) is 0 Å². The molecule has 0 aliphatic heterocycles. The van der Waals surface area contributed by atoms with Crippen LogP contribution in [0.4, 0.5) is 24.5 Å². The SMILES string of the molecule is NC(=O)c1ccc(C(=O)Nc2cccc(S(=O)(=O)Nc3cccc(C(F)(F)F)c3)c2)cc1. The molecule has 7 nitrogen and oxygen atoms in total. The third-order valence-electron chi connectivity index (χ3n) is 4.28. The molecule has 4 N–H and O–H groups in total. The van der Waals surface area contributed by atoms with E-state index in [0.717, 1.165) is 18.2 Å². The molecule has 0 aromatic heterocycles. The second kappa shape index (κ2) is 8.71. The lowest BCUT2D eigenvalue weighted by Gasteiger charge is -2.12. The van der Waals surface area contributed by atoms with Gasteiger partial charge in [0.15, 0.2) is 0 Å². The van der Waals surface area contributed by atoms with Crippen molar-refractivity contribution in [3.63, 3.8) is 0 Å². The summed E-state index contributed by atoms with van der Waals surface area (Å²) in [6, 6.07) is 14.5. The van der Waals surface area contributed by atoms with E-state index in [0.29, 0.717) is 6.07 Å². The molecule has 32 heavy (non-hydrogen) atoms. The smallest absolute Gasteiger partial charge is 0.366 e. The van der Waals surface area contributed by atoms with Crippen molar-refractivity contribution in [3.05, 3.63) is 89.5 Å². The highest BCUT2D eigenvalue weighted by Gasteiger charge is 2.30. The van der Waals surface area contributed by atoms with Gasteiger partial charge in [-0.25, -0.2) is 8.42 Å². The molecule has 0 radical (unpaired) electrons. The van der Waals surface area contributed by atoms with Crippen LogP contribution in [0.1, 0.15) is 26.3 Å². The van der Waals surface area contributed by atoms with Gasteiger partial charge in [-0.15, -0.1) is 0 Å². The first-order chi connectivity index (χ1) is 15.0. The van der Waals surface area contributed by atoms with Gasteiger partial charge >= 0.3 is 6.18 Å². The Hall–Kier alpha value is -3.86. The Morgan fingerprint density at radius 3 is 2.03 bits per heavy atom. The number of carbonyl (C=O) groups excluding carboxylic acids is 2. The third-order valence-corrected chi connectivity index (χ3v) is 5.65. The first-order valence-corrected chi connectivity index (χ1v) is 10.5. The number of halogens is 3. The zero-order valence-corrected chi connectivity index (χ0v) is 17.0. The Bertz CT molecular complexity index is 1270. The molecule has 0 fully saturated rings. The topological polar surface area (TPSA) is 118 Å². The summed E-state index contributed by atoms with van der Waals surface area (Å²) in [5.74, 6) is -1.22. The van der Waals surface area contributed by atoms with E-state index in [2.05, 4.69) is 10.0 Å². The van der Waals surface area contributed by atoms with Crippen molar-refractivity contribution in [1.29, 1.82) is 0 Å². The maximum atomic E-state index is 12.9. The van der Waals surface area contributed by atoms with Crippen LogP contribution in [-0.2, 0) is 16.2 Å². The predicted molar refractivity (Wildman–Crippen MR) is 112 cm³/mol. The van der Waals surface area contributed by atoms with Gasteiger partial charge in [-0.2, -0.15) is 13.2 Å². The number of anilines is 2. The number of rotatable bonds is 6. The first-order valence-electron chi connectivity index (χ1n) is 8.97. The van der Waals surface area contributed by atoms with Gasteiger partial charge in [-0.1, -0.05) is 12.1 Å². The van der Waals surface area contributed by atoms with E-state index in [4.69, 9.17) is 5.73 Å². The van der Waals surface area contributed by atoms with Crippen LogP contribution in [0.5, 0.6) is 0 Å². The molecule has 0 aliphatic carbocycles. The van der Waals surface area contributed by atoms with Crippen molar-refractivity contribution in [3.8, 4) is 0 Å². The summed E-state index contributed by atoms with van der Waals surface area (Å²) in [5.41, 5.74) is 4.45. The van der Waals surface area contributed by atoms with Gasteiger partial charge in [0.2, 0.25) is 5.91 Å². The minimum atomic E-state index is -4.62. The quantitative estimate of drug-likeness (QED) is 0.514. The zero-order valence-electron chi connectivity index (χ0n) is 16.2. The largest absolute Gasteiger partial charge is 0.416 e. The number of benzene rings is 3. The molecular weight excluding hydrogens is 447 g/mol. The number of primary amides is 1. The molecule has 3 aromatic rings. The van der Waals surface area contributed by atoms with E-state index in [1.54, 1.807) is 0 Å². The number of hydrogen-bond donors (Lipinski definition) is 3. The molecule has 3 aromatic carbocycles. The van der Waals surface area contributed by atoms with Crippen LogP contribution in [0.3, 0.4) is 0 Å². The van der Waals surface area contributed by atoms with Crippen LogP contribution in [-0.4, -0.2) is 20.2 Å². The molecular formula is C21H16F3N3O4S. The fraction of sp³-hybridized carbons (Fsp3) is 0.0476. The van der Waals surface area contributed by atoms with Gasteiger partial charge in [0.1, 0.15) is 0 Å². The Morgan fingerprint density at radius 1 is 0.812 bits per heavy atom. The van der Waals surface area contributed by atoms with E-state index < -0.39 is 33.6 Å². The minimum absolute atomic E-state index is 0.140. The van der Waals surface area contributed by atoms with Crippen molar-refractivity contribution in [2.24, 2.45) is 5.73 Å². The highest BCUT2D eigenvalue weighted by atomic mass is 32.2. The van der Waals surface area contributed by atoms with Crippen LogP contribution in [0.25, 0.3) is 0 Å². The Balaban J connectivity index is 1.79. The molecule has 0 bridgehead atoms. The van der Waals surface area contributed by atoms with Crippen molar-refractivity contribution in [2.75, 3.05) is 10.0 Å². The van der Waals surface area contributed by atoms with Crippen LogP contribution < -0.4 is 15.8 Å². The number of amides is 2. The normalized spacial score (nSPS) is 11.6. The lowest BCUT2D eigenvalue weighted by Crippen LogP contribution is -2.16. The summed E-state index contributed by atoms with van der Waals surface area (Å²) in [6.45, 7) is 0. The molecule has 11 heteroatoms. The van der Waals surface area contributed by atoms with E-state index in [1.807, 2.05) is 0 Å². The minimum Gasteiger partial charge on any atom is -0.366 e. The Kier molecular flexibility index (Phi) is 6.21. The lowest BCUT2D eigenvalue weighted by molar-refractivity contribution is -0.137. The van der Waals surface area contributed by atoms with Crippen molar-refractivity contribution in [2.45, 2.75) is 11.1 Å². The molecule has 0 unspecified atom stereocenters. The molecule has 0 saturated heterocycles. The molecule has 0 heterocycles. The van der Waals surface area contributed by atoms with E-state index >= 15 is 0 Å². The fourth-order valence-electron chi connectivity index (χ4n) is 2.70. The van der Waals surface area contributed by atoms with Gasteiger partial charge < -0.3 is 11.1 Å². The van der Waals surface area contributed by atoms with Gasteiger partial charge in [0.05, 0.1) is 10.5 Å². The van der Waals surface area contributed by atoms with E-state index in [9.17, 15) is 31.2 Å². The molecule has 3 rings (SSSR count). The number of hydrogen-bond acceptors (Lipinski definition) is 4. The molecule has 0 atom stereocenters. The van der Waals surface area contributed by atoms with Crippen molar-refractivity contribution >= 4 is 33.2 Å². The summed E-state index contributed by atoms with van der Waals surface area (Å²) in [5, 5.41) is 2.52. The third kappa shape index (κ3) is 5.43. The maximum Gasteiger partial charge on any atom is 0.416 e. The molecule has 166 valence electrons. The van der Waals surface area contributed by atoms with E-state index in [1.165, 1.54) is 48.5 Å². The monoisotopic (exact) mass is 463 g/mol. The maximum absolute atomic E-state index is 12.9. The van der Waals surface area contributed by atoms with Crippen molar-refractivity contribution < 1.29 is 31.2 Å². The second-order valence-electron chi connectivity index (χ2n) is 6.61. The van der Waals surface area contributed by atoms with Gasteiger partial charge in [0.25, 0.3) is 15.9 Å². The number of nitrogens with two attached hydrogens (primary N) is 1. The molecule has 0 saturated carbocycles. The number of carbonyl (C=O) groups is 2. The highest BCUT2D eigenvalue weighted by Crippen LogP contribution is 2.31. The van der Waals surface area contributed by atoms with Gasteiger partial charge in [-0.05, 0) is 60.7 Å². The average Bonchev–Trinajstić information content (AvgIpc) is 2.73. The number of nitrogens with one attached hydrogen (secondary N) is 2. The van der Waals surface area contributed by atoms with Crippen LogP contribution in [0, 0.1) is 0 Å². The zero-order chi connectivity index (χ0) is 23.5. The fourth-order valence-corrected chi connectivity index (χ4v) is 3.80. The van der Waals surface area contributed by atoms with Crippen LogP contribution in [0.15, 0.2) is 77.7 Å². The molecule has 0 spiro atoms. The lowest BCUT2D eigenvalue weighted by atomic mass is 10.1. The average molecular weight is 463 g/mol. The highest BCUT2D eigenvalue weighted by molar-refractivity contribution is 7.92. The summed E-state index contributed by atoms with van der Waals surface area (Å²) in [7, 11) is -4.23. The first kappa shape index (κ1) is 22.8. The van der Waals surface area contributed by atoms with Gasteiger partial charge in [-0.3, -0.25) is 14.3 Å². The van der Waals surface area contributed by atoms with Crippen LogP contribution in [0.2, 0.25) is 0 Å². The Morgan fingerprint density at radius 2 is 1.41 bits per heavy atom. The molecule has 2 amide bonds. The summed E-state index contributed by atoms with van der Waals surface area (Å²) < 4.78 is 65.9. The summed E-state index contributed by atoms with van der Waals surface area (Å²) in [4.78, 5) is 23.2. The van der Waals surface area contributed by atoms with E-state index in [-0.39, 0.29) is 27.4 Å². The van der Waals surface area contributed by atoms with Crippen LogP contribution >= 0.6 is 0 Å². The predicted octanol–water partition coefficient (Wildman–Crippen LogP) is 3.86. The second-order valence-corrected chi connectivity index (χ2v) is 8.29. The number of sulfonamides is 1. The Labute approximate surface area is 181 Å². The molecule has 0 aliphatic rings. The van der Waals surface area contributed by atoms with Gasteiger partial charge in [0, 0.05) is 22.5 Å². The standard InChI is InChI=1S/C21H16F3N3O4S/c22-21(23,24)15-3-1-5-17(11-15)27-32(30,31)18-6-2-4-16(12-18)26-20(29)14-9-7-13(8-10-14)19(25)28/h1-12,27H,(H2,25,28)(H,26,29). The summed E-state index contributed by atoms with van der Waals surface area (Å²) in [6.07, 6.45) is -4.62. The summed E-state index contributed by atoms with van der Waals surface area (Å²) >= 11 is 0. The number of alkyl halides is 3.